The van der Waals surface area contributed by atoms with Gasteiger partial charge in [0.2, 0.25) is 0 Å². The van der Waals surface area contributed by atoms with Crippen molar-refractivity contribution in [1.29, 1.82) is 0 Å². The summed E-state index contributed by atoms with van der Waals surface area (Å²) in [5.41, 5.74) is 5.05. The van der Waals surface area contributed by atoms with Crippen LogP contribution in [0.3, 0.4) is 0 Å². The van der Waals surface area contributed by atoms with Crippen molar-refractivity contribution >= 4 is 23.5 Å². The summed E-state index contributed by atoms with van der Waals surface area (Å²) in [6.45, 7) is 13.0. The number of nitrogens with zero attached hydrogens (tertiary/aromatic N) is 2. The standard InChI is InChI=1S/C22H30N2/c1-5-23(6-2)21-15-11-19(12-16-21)9-10-20-13-17-22(18-14-20)24(7-3)8-4/h9-18H,5-8H2,1-4H3. The van der Waals surface area contributed by atoms with E-state index < -0.39 is 0 Å². The van der Waals surface area contributed by atoms with Gasteiger partial charge in [0.05, 0.1) is 0 Å². The summed E-state index contributed by atoms with van der Waals surface area (Å²) in [5, 5.41) is 0. The molecule has 0 aliphatic carbocycles. The van der Waals surface area contributed by atoms with Crippen molar-refractivity contribution < 1.29 is 0 Å². The highest BCUT2D eigenvalue weighted by molar-refractivity contribution is 5.71. The van der Waals surface area contributed by atoms with Crippen LogP contribution in [0.5, 0.6) is 0 Å². The second kappa shape index (κ2) is 9.17. The molecule has 2 aromatic carbocycles. The molecule has 0 atom stereocenters. The van der Waals surface area contributed by atoms with E-state index in [0.717, 1.165) is 26.2 Å². The molecule has 0 aliphatic heterocycles. The summed E-state index contributed by atoms with van der Waals surface area (Å²) in [7, 11) is 0. The molecule has 24 heavy (non-hydrogen) atoms. The highest BCUT2D eigenvalue weighted by Gasteiger charge is 2.01. The van der Waals surface area contributed by atoms with E-state index in [1.807, 2.05) is 0 Å². The van der Waals surface area contributed by atoms with E-state index in [0.29, 0.717) is 0 Å². The van der Waals surface area contributed by atoms with Crippen LogP contribution >= 0.6 is 0 Å². The van der Waals surface area contributed by atoms with Gasteiger partial charge >= 0.3 is 0 Å². The van der Waals surface area contributed by atoms with Crippen LogP contribution in [0.1, 0.15) is 38.8 Å². The summed E-state index contributed by atoms with van der Waals surface area (Å²) in [6, 6.07) is 17.6. The zero-order valence-electron chi connectivity index (χ0n) is 15.5. The van der Waals surface area contributed by atoms with Crippen LogP contribution in [0.4, 0.5) is 11.4 Å². The molecule has 0 bridgehead atoms. The lowest BCUT2D eigenvalue weighted by Crippen LogP contribution is -2.21. The van der Waals surface area contributed by atoms with Gasteiger partial charge in [-0.15, -0.1) is 0 Å². The Bertz CT molecular complexity index is 561. The highest BCUT2D eigenvalue weighted by atomic mass is 15.1. The Hall–Kier alpha value is -2.22. The van der Waals surface area contributed by atoms with Crippen molar-refractivity contribution in [3.8, 4) is 0 Å². The maximum atomic E-state index is 2.36. The van der Waals surface area contributed by atoms with Crippen molar-refractivity contribution in [2.75, 3.05) is 36.0 Å². The third kappa shape index (κ3) is 4.64. The number of hydrogen-bond acceptors (Lipinski definition) is 2. The van der Waals surface area contributed by atoms with E-state index >= 15 is 0 Å². The van der Waals surface area contributed by atoms with E-state index in [1.165, 1.54) is 22.5 Å². The van der Waals surface area contributed by atoms with Crippen molar-refractivity contribution in [1.82, 2.24) is 0 Å². The molecule has 0 saturated carbocycles. The Morgan fingerprint density at radius 2 is 0.833 bits per heavy atom. The van der Waals surface area contributed by atoms with Crippen molar-refractivity contribution in [2.24, 2.45) is 0 Å². The molecule has 0 amide bonds. The average molecular weight is 322 g/mol. The molecule has 0 aromatic heterocycles. The molecule has 2 rings (SSSR count). The molecule has 2 aromatic rings. The quantitative estimate of drug-likeness (QED) is 0.588. The van der Waals surface area contributed by atoms with Gasteiger partial charge in [-0.25, -0.2) is 0 Å². The van der Waals surface area contributed by atoms with Crippen LogP contribution in [0.25, 0.3) is 12.2 Å². The summed E-state index contributed by atoms with van der Waals surface area (Å²) >= 11 is 0. The number of benzene rings is 2. The van der Waals surface area contributed by atoms with Crippen LogP contribution in [0.2, 0.25) is 0 Å². The molecule has 0 unspecified atom stereocenters. The van der Waals surface area contributed by atoms with Crippen molar-refractivity contribution in [3.05, 3.63) is 59.7 Å². The monoisotopic (exact) mass is 322 g/mol. The molecule has 0 radical (unpaired) electrons. The summed E-state index contributed by atoms with van der Waals surface area (Å²) in [4.78, 5) is 4.72. The minimum atomic E-state index is 1.05. The first-order chi connectivity index (χ1) is 11.7. The van der Waals surface area contributed by atoms with Crippen LogP contribution in [0.15, 0.2) is 48.5 Å². The molecule has 0 saturated heterocycles. The molecule has 0 fully saturated rings. The van der Waals surface area contributed by atoms with E-state index in [-0.39, 0.29) is 0 Å². The summed E-state index contributed by atoms with van der Waals surface area (Å²) < 4.78 is 0. The van der Waals surface area contributed by atoms with Crippen molar-refractivity contribution in [2.45, 2.75) is 27.7 Å². The SMILES string of the molecule is CCN(CC)c1ccc(C=Cc2ccc(N(CC)CC)cc2)cc1. The van der Waals surface area contributed by atoms with Crippen molar-refractivity contribution in [3.63, 3.8) is 0 Å². The molecule has 0 spiro atoms. The Morgan fingerprint density at radius 3 is 1.08 bits per heavy atom. The Balaban J connectivity index is 2.05. The van der Waals surface area contributed by atoms with Gasteiger partial charge in [-0.05, 0) is 63.1 Å². The summed E-state index contributed by atoms with van der Waals surface area (Å²) in [5.74, 6) is 0. The normalized spacial score (nSPS) is 11.0. The smallest absolute Gasteiger partial charge is 0.0366 e. The first-order valence-corrected chi connectivity index (χ1v) is 9.09. The third-order valence-electron chi connectivity index (χ3n) is 4.51. The zero-order valence-corrected chi connectivity index (χ0v) is 15.5. The molecule has 128 valence electrons. The van der Waals surface area contributed by atoms with E-state index in [4.69, 9.17) is 0 Å². The topological polar surface area (TPSA) is 6.48 Å². The molecule has 0 heterocycles. The lowest BCUT2D eigenvalue weighted by atomic mass is 10.1. The number of anilines is 2. The lowest BCUT2D eigenvalue weighted by molar-refractivity contribution is 0.866. The van der Waals surface area contributed by atoms with Crippen LogP contribution in [0, 0.1) is 0 Å². The lowest BCUT2D eigenvalue weighted by Gasteiger charge is -2.21. The first-order valence-electron chi connectivity index (χ1n) is 9.09. The van der Waals surface area contributed by atoms with Gasteiger partial charge in [0, 0.05) is 37.6 Å². The fourth-order valence-corrected chi connectivity index (χ4v) is 2.96. The molecule has 0 N–H and O–H groups in total. The van der Waals surface area contributed by atoms with E-state index in [1.54, 1.807) is 0 Å². The minimum absolute atomic E-state index is 1.05. The molecular weight excluding hydrogens is 292 g/mol. The van der Waals surface area contributed by atoms with Crippen LogP contribution in [-0.2, 0) is 0 Å². The first kappa shape index (κ1) is 18.1. The predicted octanol–water partition coefficient (Wildman–Crippen LogP) is 5.55. The van der Waals surface area contributed by atoms with Gasteiger partial charge in [0.1, 0.15) is 0 Å². The highest BCUT2D eigenvalue weighted by Crippen LogP contribution is 2.18. The largest absolute Gasteiger partial charge is 0.372 e. The van der Waals surface area contributed by atoms with Crippen LogP contribution in [-0.4, -0.2) is 26.2 Å². The third-order valence-corrected chi connectivity index (χ3v) is 4.51. The van der Waals surface area contributed by atoms with Crippen LogP contribution < -0.4 is 9.80 Å². The number of hydrogen-bond donors (Lipinski definition) is 0. The molecule has 2 nitrogen and oxygen atoms in total. The van der Waals surface area contributed by atoms with Gasteiger partial charge in [0.25, 0.3) is 0 Å². The molecule has 0 aliphatic rings. The number of rotatable bonds is 8. The second-order valence-electron chi connectivity index (χ2n) is 5.86. The maximum Gasteiger partial charge on any atom is 0.0366 e. The maximum absolute atomic E-state index is 2.36. The second-order valence-corrected chi connectivity index (χ2v) is 5.86. The Kier molecular flexibility index (Phi) is 6.92. The van der Waals surface area contributed by atoms with Gasteiger partial charge in [-0.2, -0.15) is 0 Å². The average Bonchev–Trinajstić information content (AvgIpc) is 2.64. The molecule has 2 heteroatoms. The predicted molar refractivity (Wildman–Crippen MR) is 109 cm³/mol. The summed E-state index contributed by atoms with van der Waals surface area (Å²) in [6.07, 6.45) is 4.36. The Morgan fingerprint density at radius 1 is 0.542 bits per heavy atom. The van der Waals surface area contributed by atoms with Gasteiger partial charge < -0.3 is 9.80 Å². The fraction of sp³-hybridized carbons (Fsp3) is 0.364. The van der Waals surface area contributed by atoms with Gasteiger partial charge in [-0.3, -0.25) is 0 Å². The molecular formula is C22H30N2. The fourth-order valence-electron chi connectivity index (χ4n) is 2.96. The zero-order chi connectivity index (χ0) is 17.4. The Labute approximate surface area is 147 Å². The van der Waals surface area contributed by atoms with E-state index in [2.05, 4.69) is 98.2 Å². The minimum Gasteiger partial charge on any atom is -0.372 e. The van der Waals surface area contributed by atoms with Gasteiger partial charge in [0.15, 0.2) is 0 Å². The van der Waals surface area contributed by atoms with E-state index in [9.17, 15) is 0 Å². The van der Waals surface area contributed by atoms with Gasteiger partial charge in [-0.1, -0.05) is 36.4 Å².